The molecule has 0 aromatic carbocycles. The van der Waals surface area contributed by atoms with E-state index < -0.39 is 0 Å². The molecule has 1 amide bonds. The number of nitrogens with zero attached hydrogens (tertiary/aromatic N) is 2. The number of esters is 1. The summed E-state index contributed by atoms with van der Waals surface area (Å²) in [6, 6.07) is 1.74. The maximum atomic E-state index is 12.4. The van der Waals surface area contributed by atoms with E-state index in [0.717, 1.165) is 32.1 Å². The monoisotopic (exact) mass is 307 g/mol. The number of amides is 1. The van der Waals surface area contributed by atoms with Gasteiger partial charge < -0.3 is 10.1 Å². The van der Waals surface area contributed by atoms with Crippen molar-refractivity contribution in [1.82, 2.24) is 15.1 Å². The quantitative estimate of drug-likeness (QED) is 0.684. The third-order valence-corrected chi connectivity index (χ3v) is 4.21. The Bertz CT molecular complexity index is 524. The molecule has 1 aromatic rings. The Morgan fingerprint density at radius 3 is 2.68 bits per heavy atom. The van der Waals surface area contributed by atoms with Crippen LogP contribution in [0.3, 0.4) is 0 Å². The van der Waals surface area contributed by atoms with E-state index in [1.165, 1.54) is 7.11 Å². The zero-order valence-corrected chi connectivity index (χ0v) is 13.5. The Balaban J connectivity index is 2.07. The van der Waals surface area contributed by atoms with Crippen LogP contribution in [0.25, 0.3) is 0 Å². The van der Waals surface area contributed by atoms with E-state index in [4.69, 9.17) is 4.74 Å². The summed E-state index contributed by atoms with van der Waals surface area (Å²) in [7, 11) is 1.40. The number of hydrogen-bond acceptors (Lipinski definition) is 4. The molecular weight excluding hydrogens is 282 g/mol. The first kappa shape index (κ1) is 16.5. The van der Waals surface area contributed by atoms with Crippen molar-refractivity contribution in [3.05, 3.63) is 18.0 Å². The standard InChI is InChI=1S/C16H25N3O3/c1-11(2)19-10-9-14(18-19)15(20)17-13-8-6-4-5-7-12(13)16(21)22-3/h9-13H,4-8H2,1-3H3,(H,17,20)/t12-,13-/m0/s1. The highest BCUT2D eigenvalue weighted by Crippen LogP contribution is 2.25. The van der Waals surface area contributed by atoms with E-state index in [9.17, 15) is 9.59 Å². The molecule has 0 aliphatic heterocycles. The average molecular weight is 307 g/mol. The van der Waals surface area contributed by atoms with E-state index in [2.05, 4.69) is 10.4 Å². The molecule has 1 N–H and O–H groups in total. The maximum absolute atomic E-state index is 12.4. The van der Waals surface area contributed by atoms with Gasteiger partial charge in [-0.15, -0.1) is 0 Å². The van der Waals surface area contributed by atoms with Crippen molar-refractivity contribution in [1.29, 1.82) is 0 Å². The highest BCUT2D eigenvalue weighted by Gasteiger charge is 2.32. The van der Waals surface area contributed by atoms with Crippen LogP contribution >= 0.6 is 0 Å². The Morgan fingerprint density at radius 2 is 2.05 bits per heavy atom. The largest absolute Gasteiger partial charge is 0.469 e. The maximum Gasteiger partial charge on any atom is 0.310 e. The van der Waals surface area contributed by atoms with Crippen LogP contribution in [-0.4, -0.2) is 34.8 Å². The molecule has 0 saturated heterocycles. The van der Waals surface area contributed by atoms with Crippen LogP contribution in [0.1, 0.15) is 62.5 Å². The number of hydrogen-bond donors (Lipinski definition) is 1. The lowest BCUT2D eigenvalue weighted by atomic mass is 9.94. The Labute approximate surface area is 131 Å². The molecule has 1 aliphatic carbocycles. The molecule has 1 aliphatic rings. The van der Waals surface area contributed by atoms with Crippen LogP contribution in [0, 0.1) is 5.92 Å². The van der Waals surface area contributed by atoms with Crippen molar-refractivity contribution in [3.8, 4) is 0 Å². The Kier molecular flexibility index (Phi) is 5.57. The highest BCUT2D eigenvalue weighted by molar-refractivity contribution is 5.92. The predicted molar refractivity (Wildman–Crippen MR) is 82.5 cm³/mol. The number of methoxy groups -OCH3 is 1. The van der Waals surface area contributed by atoms with Gasteiger partial charge in [0.15, 0.2) is 0 Å². The van der Waals surface area contributed by atoms with Gasteiger partial charge >= 0.3 is 5.97 Å². The molecule has 6 heteroatoms. The summed E-state index contributed by atoms with van der Waals surface area (Å²) in [4.78, 5) is 24.3. The third-order valence-electron chi connectivity index (χ3n) is 4.21. The summed E-state index contributed by atoms with van der Waals surface area (Å²) < 4.78 is 6.64. The first-order valence-corrected chi connectivity index (χ1v) is 7.96. The average Bonchev–Trinajstić information content (AvgIpc) is 2.89. The number of carbonyl (C=O) groups is 2. The molecule has 6 nitrogen and oxygen atoms in total. The fraction of sp³-hybridized carbons (Fsp3) is 0.688. The zero-order chi connectivity index (χ0) is 16.1. The summed E-state index contributed by atoms with van der Waals surface area (Å²) in [5.74, 6) is -0.719. The van der Waals surface area contributed by atoms with Gasteiger partial charge in [-0.1, -0.05) is 19.3 Å². The number of carbonyl (C=O) groups excluding carboxylic acids is 2. The normalized spacial score (nSPS) is 22.2. The van der Waals surface area contributed by atoms with E-state index in [-0.39, 0.29) is 29.9 Å². The van der Waals surface area contributed by atoms with Crippen molar-refractivity contribution in [3.63, 3.8) is 0 Å². The van der Waals surface area contributed by atoms with Gasteiger partial charge in [-0.2, -0.15) is 5.10 Å². The first-order chi connectivity index (χ1) is 10.5. The Morgan fingerprint density at radius 1 is 1.32 bits per heavy atom. The molecule has 22 heavy (non-hydrogen) atoms. The molecular formula is C16H25N3O3. The molecule has 1 aromatic heterocycles. The summed E-state index contributed by atoms with van der Waals surface area (Å²) in [6.45, 7) is 4.01. The van der Waals surface area contributed by atoms with Gasteiger partial charge in [0.25, 0.3) is 5.91 Å². The molecule has 2 rings (SSSR count). The minimum atomic E-state index is -0.261. The second-order valence-corrected chi connectivity index (χ2v) is 6.12. The van der Waals surface area contributed by atoms with E-state index in [1.54, 1.807) is 16.9 Å². The van der Waals surface area contributed by atoms with Crippen LogP contribution in [-0.2, 0) is 9.53 Å². The summed E-state index contributed by atoms with van der Waals surface area (Å²) >= 11 is 0. The minimum Gasteiger partial charge on any atom is -0.469 e. The molecule has 1 saturated carbocycles. The Hall–Kier alpha value is -1.85. The van der Waals surface area contributed by atoms with Gasteiger partial charge in [0, 0.05) is 18.3 Å². The second-order valence-electron chi connectivity index (χ2n) is 6.12. The zero-order valence-electron chi connectivity index (χ0n) is 13.5. The van der Waals surface area contributed by atoms with Gasteiger partial charge in [-0.3, -0.25) is 14.3 Å². The summed E-state index contributed by atoms with van der Waals surface area (Å²) in [5.41, 5.74) is 0.390. The predicted octanol–water partition coefficient (Wildman–Crippen LogP) is 2.32. The van der Waals surface area contributed by atoms with Crippen LogP contribution in [0.4, 0.5) is 0 Å². The van der Waals surface area contributed by atoms with Crippen molar-refractivity contribution >= 4 is 11.9 Å². The second kappa shape index (κ2) is 7.42. The molecule has 2 atom stereocenters. The number of rotatable bonds is 4. The number of ether oxygens (including phenoxy) is 1. The van der Waals surface area contributed by atoms with Crippen molar-refractivity contribution in [2.45, 2.75) is 58.0 Å². The van der Waals surface area contributed by atoms with Crippen molar-refractivity contribution in [2.75, 3.05) is 7.11 Å². The van der Waals surface area contributed by atoms with Gasteiger partial charge in [0.05, 0.1) is 13.0 Å². The first-order valence-electron chi connectivity index (χ1n) is 7.96. The smallest absolute Gasteiger partial charge is 0.310 e. The fourth-order valence-corrected chi connectivity index (χ4v) is 2.90. The molecule has 0 bridgehead atoms. The molecule has 0 spiro atoms. The van der Waals surface area contributed by atoms with E-state index >= 15 is 0 Å². The molecule has 0 radical (unpaired) electrons. The molecule has 1 heterocycles. The topological polar surface area (TPSA) is 73.2 Å². The van der Waals surface area contributed by atoms with Crippen molar-refractivity contribution in [2.24, 2.45) is 5.92 Å². The van der Waals surface area contributed by atoms with Gasteiger partial charge in [-0.25, -0.2) is 0 Å². The lowest BCUT2D eigenvalue weighted by Crippen LogP contribution is -2.43. The van der Waals surface area contributed by atoms with Crippen LogP contribution in [0.15, 0.2) is 12.3 Å². The van der Waals surface area contributed by atoms with Crippen molar-refractivity contribution < 1.29 is 14.3 Å². The van der Waals surface area contributed by atoms with Crippen LogP contribution in [0.2, 0.25) is 0 Å². The fourth-order valence-electron chi connectivity index (χ4n) is 2.90. The van der Waals surface area contributed by atoms with E-state index in [0.29, 0.717) is 5.69 Å². The van der Waals surface area contributed by atoms with Crippen LogP contribution in [0.5, 0.6) is 0 Å². The lowest BCUT2D eigenvalue weighted by Gasteiger charge is -2.23. The van der Waals surface area contributed by atoms with Gasteiger partial charge in [-0.05, 0) is 32.8 Å². The lowest BCUT2D eigenvalue weighted by molar-refractivity contribution is -0.146. The minimum absolute atomic E-state index is 0.174. The molecule has 0 unspecified atom stereocenters. The van der Waals surface area contributed by atoms with Gasteiger partial charge in [0.2, 0.25) is 0 Å². The number of aromatic nitrogens is 2. The molecule has 1 fully saturated rings. The third kappa shape index (κ3) is 3.87. The van der Waals surface area contributed by atoms with Gasteiger partial charge in [0.1, 0.15) is 5.69 Å². The SMILES string of the molecule is COC(=O)[C@H]1CCCCC[C@@H]1NC(=O)c1ccn(C(C)C)n1. The summed E-state index contributed by atoms with van der Waals surface area (Å²) in [6.07, 6.45) is 6.45. The van der Waals surface area contributed by atoms with Crippen LogP contribution < -0.4 is 5.32 Å². The highest BCUT2D eigenvalue weighted by atomic mass is 16.5. The van der Waals surface area contributed by atoms with E-state index in [1.807, 2.05) is 13.8 Å². The summed E-state index contributed by atoms with van der Waals surface area (Å²) in [5, 5.41) is 7.25. The molecule has 122 valence electrons. The number of nitrogens with one attached hydrogen (secondary N) is 1.